The van der Waals surface area contributed by atoms with Gasteiger partial charge < -0.3 is 14.8 Å². The molecule has 0 saturated heterocycles. The number of amides is 1. The maximum Gasteiger partial charge on any atom is 0.255 e. The summed E-state index contributed by atoms with van der Waals surface area (Å²) in [6.07, 6.45) is 6.73. The molecule has 7 heteroatoms. The first kappa shape index (κ1) is 16.5. The number of hydrogen-bond acceptors (Lipinski definition) is 5. The van der Waals surface area contributed by atoms with Gasteiger partial charge in [-0.2, -0.15) is 0 Å². The molecule has 7 nitrogen and oxygen atoms in total. The van der Waals surface area contributed by atoms with Crippen LogP contribution in [-0.2, 0) is 0 Å². The van der Waals surface area contributed by atoms with Crippen molar-refractivity contribution < 1.29 is 14.3 Å². The number of ether oxygens (including phenoxy) is 2. The van der Waals surface area contributed by atoms with Crippen LogP contribution in [0.3, 0.4) is 0 Å². The zero-order valence-corrected chi connectivity index (χ0v) is 14.0. The Balaban J connectivity index is 1.73. The van der Waals surface area contributed by atoms with Gasteiger partial charge in [-0.1, -0.05) is 0 Å². The van der Waals surface area contributed by atoms with Crippen LogP contribution in [0.1, 0.15) is 17.3 Å². The minimum absolute atomic E-state index is 0.251. The molecule has 3 rings (SSSR count). The van der Waals surface area contributed by atoms with Gasteiger partial charge in [0.1, 0.15) is 12.1 Å². The number of nitrogens with zero attached hydrogens (tertiary/aromatic N) is 3. The largest absolute Gasteiger partial charge is 0.493 e. The molecule has 1 N–H and O–H groups in total. The van der Waals surface area contributed by atoms with E-state index in [9.17, 15) is 4.79 Å². The molecule has 128 valence electrons. The fourth-order valence-corrected chi connectivity index (χ4v) is 2.29. The van der Waals surface area contributed by atoms with Crippen LogP contribution in [0.4, 0.5) is 5.69 Å². The summed E-state index contributed by atoms with van der Waals surface area (Å²) in [5.41, 5.74) is 1.07. The second-order valence-electron chi connectivity index (χ2n) is 5.13. The number of aromatic nitrogens is 3. The maximum atomic E-state index is 12.4. The van der Waals surface area contributed by atoms with Crippen LogP contribution in [0.25, 0.3) is 5.82 Å². The van der Waals surface area contributed by atoms with Crippen LogP contribution in [0.5, 0.6) is 11.5 Å². The van der Waals surface area contributed by atoms with Crippen LogP contribution in [0, 0.1) is 0 Å². The first-order valence-electron chi connectivity index (χ1n) is 7.78. The van der Waals surface area contributed by atoms with E-state index in [4.69, 9.17) is 9.47 Å². The summed E-state index contributed by atoms with van der Waals surface area (Å²) in [4.78, 5) is 20.7. The highest BCUT2D eigenvalue weighted by atomic mass is 16.5. The molecule has 1 amide bonds. The van der Waals surface area contributed by atoms with Crippen LogP contribution < -0.4 is 14.8 Å². The molecule has 0 radical (unpaired) electrons. The van der Waals surface area contributed by atoms with Crippen molar-refractivity contribution in [3.8, 4) is 17.3 Å². The van der Waals surface area contributed by atoms with E-state index in [1.54, 1.807) is 59.8 Å². The Morgan fingerprint density at radius 2 is 2.12 bits per heavy atom. The highest BCUT2D eigenvalue weighted by Crippen LogP contribution is 2.28. The molecular weight excluding hydrogens is 320 g/mol. The van der Waals surface area contributed by atoms with Gasteiger partial charge in [-0.25, -0.2) is 9.97 Å². The van der Waals surface area contributed by atoms with E-state index < -0.39 is 0 Å². The minimum atomic E-state index is -0.251. The predicted octanol–water partition coefficient (Wildman–Crippen LogP) is 2.93. The number of rotatable bonds is 6. The summed E-state index contributed by atoms with van der Waals surface area (Å²) < 4.78 is 12.5. The topological polar surface area (TPSA) is 78.3 Å². The van der Waals surface area contributed by atoms with Crippen molar-refractivity contribution in [2.24, 2.45) is 0 Å². The molecule has 0 spiro atoms. The van der Waals surface area contributed by atoms with E-state index in [0.717, 1.165) is 5.82 Å². The number of hydrogen-bond donors (Lipinski definition) is 1. The lowest BCUT2D eigenvalue weighted by molar-refractivity contribution is 0.102. The average molecular weight is 338 g/mol. The number of benzene rings is 1. The Morgan fingerprint density at radius 1 is 1.24 bits per heavy atom. The second-order valence-corrected chi connectivity index (χ2v) is 5.13. The number of carbonyl (C=O) groups is 1. The Morgan fingerprint density at radius 3 is 2.76 bits per heavy atom. The van der Waals surface area contributed by atoms with Gasteiger partial charge in [-0.15, -0.1) is 0 Å². The van der Waals surface area contributed by atoms with Crippen LogP contribution in [0.15, 0.2) is 55.2 Å². The van der Waals surface area contributed by atoms with Gasteiger partial charge in [-0.05, 0) is 37.3 Å². The van der Waals surface area contributed by atoms with Crippen molar-refractivity contribution in [2.45, 2.75) is 6.92 Å². The molecule has 0 atom stereocenters. The Labute approximate surface area is 145 Å². The third-order valence-electron chi connectivity index (χ3n) is 3.50. The molecule has 0 bridgehead atoms. The number of pyridine rings is 1. The van der Waals surface area contributed by atoms with Crippen molar-refractivity contribution in [1.29, 1.82) is 0 Å². The molecule has 0 aliphatic carbocycles. The SMILES string of the molecule is CCOc1ccc(C(=O)Nc2ccc(-n3ccnc3)nc2)cc1OC. The summed E-state index contributed by atoms with van der Waals surface area (Å²) >= 11 is 0. The monoisotopic (exact) mass is 338 g/mol. The third-order valence-corrected chi connectivity index (χ3v) is 3.50. The maximum absolute atomic E-state index is 12.4. The molecule has 1 aromatic carbocycles. The van der Waals surface area contributed by atoms with Gasteiger partial charge >= 0.3 is 0 Å². The Bertz CT molecular complexity index is 845. The molecule has 2 heterocycles. The lowest BCUT2D eigenvalue weighted by Crippen LogP contribution is -2.12. The first-order valence-corrected chi connectivity index (χ1v) is 7.78. The summed E-state index contributed by atoms with van der Waals surface area (Å²) in [6.45, 7) is 2.41. The molecule has 3 aromatic rings. The highest BCUT2D eigenvalue weighted by molar-refractivity contribution is 6.04. The lowest BCUT2D eigenvalue weighted by Gasteiger charge is -2.11. The van der Waals surface area contributed by atoms with Crippen molar-refractivity contribution in [1.82, 2.24) is 14.5 Å². The smallest absolute Gasteiger partial charge is 0.255 e. The normalized spacial score (nSPS) is 10.3. The van der Waals surface area contributed by atoms with Gasteiger partial charge in [0.25, 0.3) is 5.91 Å². The van der Waals surface area contributed by atoms with E-state index in [1.807, 2.05) is 6.92 Å². The molecule has 0 fully saturated rings. The Kier molecular flexibility index (Phi) is 4.94. The van der Waals surface area contributed by atoms with Crippen LogP contribution >= 0.6 is 0 Å². The molecular formula is C18H18N4O3. The van der Waals surface area contributed by atoms with Gasteiger partial charge in [0.2, 0.25) is 0 Å². The molecule has 0 aliphatic heterocycles. The molecule has 0 aliphatic rings. The molecule has 0 unspecified atom stereocenters. The fourth-order valence-electron chi connectivity index (χ4n) is 2.29. The van der Waals surface area contributed by atoms with E-state index >= 15 is 0 Å². The van der Waals surface area contributed by atoms with Crippen LogP contribution in [-0.4, -0.2) is 34.2 Å². The van der Waals surface area contributed by atoms with Gasteiger partial charge in [0, 0.05) is 18.0 Å². The van der Waals surface area contributed by atoms with E-state index in [0.29, 0.717) is 29.4 Å². The second kappa shape index (κ2) is 7.48. The molecule has 2 aromatic heterocycles. The summed E-state index contributed by atoms with van der Waals surface area (Å²) in [6, 6.07) is 8.64. The highest BCUT2D eigenvalue weighted by Gasteiger charge is 2.11. The standard InChI is InChI=1S/C18H18N4O3/c1-3-25-15-6-4-13(10-16(15)24-2)18(23)21-14-5-7-17(20-11-14)22-9-8-19-12-22/h4-12H,3H2,1-2H3,(H,21,23). The summed E-state index contributed by atoms with van der Waals surface area (Å²) in [5, 5.41) is 2.81. The average Bonchev–Trinajstić information content (AvgIpc) is 3.17. The lowest BCUT2D eigenvalue weighted by atomic mass is 10.2. The number of carbonyl (C=O) groups excluding carboxylic acids is 1. The quantitative estimate of drug-likeness (QED) is 0.748. The Hall–Kier alpha value is -3.35. The molecule has 0 saturated carbocycles. The van der Waals surface area contributed by atoms with Gasteiger partial charge in [0.15, 0.2) is 11.5 Å². The van der Waals surface area contributed by atoms with Crippen molar-refractivity contribution in [2.75, 3.05) is 19.0 Å². The predicted molar refractivity (Wildman–Crippen MR) is 93.5 cm³/mol. The minimum Gasteiger partial charge on any atom is -0.493 e. The summed E-state index contributed by atoms with van der Waals surface area (Å²) in [7, 11) is 1.54. The summed E-state index contributed by atoms with van der Waals surface area (Å²) in [5.74, 6) is 1.59. The zero-order valence-electron chi connectivity index (χ0n) is 14.0. The first-order chi connectivity index (χ1) is 12.2. The van der Waals surface area contributed by atoms with E-state index in [1.165, 1.54) is 7.11 Å². The number of imidazole rings is 1. The van der Waals surface area contributed by atoms with Crippen molar-refractivity contribution in [3.63, 3.8) is 0 Å². The van der Waals surface area contributed by atoms with Gasteiger partial charge in [-0.3, -0.25) is 9.36 Å². The number of methoxy groups -OCH3 is 1. The molecule has 25 heavy (non-hydrogen) atoms. The zero-order chi connectivity index (χ0) is 17.6. The van der Waals surface area contributed by atoms with E-state index in [-0.39, 0.29) is 5.91 Å². The van der Waals surface area contributed by atoms with E-state index in [2.05, 4.69) is 15.3 Å². The van der Waals surface area contributed by atoms with Crippen molar-refractivity contribution in [3.05, 3.63) is 60.8 Å². The number of nitrogens with one attached hydrogen (secondary N) is 1. The van der Waals surface area contributed by atoms with Crippen molar-refractivity contribution >= 4 is 11.6 Å². The van der Waals surface area contributed by atoms with Crippen LogP contribution in [0.2, 0.25) is 0 Å². The third kappa shape index (κ3) is 3.77. The fraction of sp³-hybridized carbons (Fsp3) is 0.167. The number of anilines is 1. The van der Waals surface area contributed by atoms with Gasteiger partial charge in [0.05, 0.1) is 25.6 Å².